The van der Waals surface area contributed by atoms with E-state index in [2.05, 4.69) is 10.2 Å². The van der Waals surface area contributed by atoms with Gasteiger partial charge in [0.1, 0.15) is 0 Å². The molecule has 88 valence electrons. The lowest BCUT2D eigenvalue weighted by Gasteiger charge is -1.96. The zero-order valence-electron chi connectivity index (χ0n) is 8.42. The number of rotatable bonds is 4. The van der Waals surface area contributed by atoms with Crippen LogP contribution in [0.4, 0.5) is 0 Å². The van der Waals surface area contributed by atoms with Crippen molar-refractivity contribution in [3.63, 3.8) is 0 Å². The second-order valence-electron chi connectivity index (χ2n) is 3.04. The molecule has 0 aliphatic carbocycles. The molecule has 0 spiro atoms. The van der Waals surface area contributed by atoms with E-state index in [1.165, 1.54) is 0 Å². The number of aliphatic carboxylic acids is 1. The van der Waals surface area contributed by atoms with Crippen molar-refractivity contribution in [2.24, 2.45) is 0 Å². The molecule has 0 fully saturated rings. The van der Waals surface area contributed by atoms with Gasteiger partial charge in [-0.05, 0) is 24.3 Å². The van der Waals surface area contributed by atoms with Crippen LogP contribution in [-0.4, -0.2) is 21.9 Å². The van der Waals surface area contributed by atoms with Crippen molar-refractivity contribution >= 4 is 29.3 Å². The number of aromatic nitrogens is 2. The van der Waals surface area contributed by atoms with E-state index in [0.29, 0.717) is 10.9 Å². The molecule has 17 heavy (non-hydrogen) atoms. The van der Waals surface area contributed by atoms with Gasteiger partial charge in [-0.25, -0.2) is 0 Å². The fourth-order valence-electron chi connectivity index (χ4n) is 1.10. The average molecular weight is 270 g/mol. The number of carboxylic acid groups (broad SMARTS) is 1. The highest BCUT2D eigenvalue weighted by Crippen LogP contribution is 2.23. The second kappa shape index (κ2) is 5.20. The van der Waals surface area contributed by atoms with Crippen LogP contribution in [0.25, 0.3) is 11.5 Å². The molecule has 5 nitrogen and oxygen atoms in total. The first-order valence-electron chi connectivity index (χ1n) is 4.57. The lowest BCUT2D eigenvalue weighted by atomic mass is 10.2. The molecule has 1 aromatic heterocycles. The van der Waals surface area contributed by atoms with E-state index in [1.54, 1.807) is 24.3 Å². The molecule has 1 heterocycles. The molecule has 1 aromatic carbocycles. The monoisotopic (exact) mass is 269 g/mol. The number of nitrogens with zero attached hydrogens (tertiary/aromatic N) is 2. The summed E-state index contributed by atoms with van der Waals surface area (Å²) in [6.45, 7) is 0. The number of benzene rings is 1. The van der Waals surface area contributed by atoms with Crippen LogP contribution in [0.5, 0.6) is 0 Å². The summed E-state index contributed by atoms with van der Waals surface area (Å²) in [5.41, 5.74) is 0.724. The molecule has 0 aliphatic heterocycles. The molecular formula is C10H6ClN2O3S-. The van der Waals surface area contributed by atoms with E-state index in [1.807, 2.05) is 0 Å². The van der Waals surface area contributed by atoms with E-state index in [9.17, 15) is 9.90 Å². The largest absolute Gasteiger partial charge is 0.549 e. The third-order valence-corrected chi connectivity index (χ3v) is 2.86. The van der Waals surface area contributed by atoms with Crippen LogP contribution >= 0.6 is 23.4 Å². The van der Waals surface area contributed by atoms with Crippen LogP contribution in [0, 0.1) is 0 Å². The quantitative estimate of drug-likeness (QED) is 0.777. The predicted octanol–water partition coefficient (Wildman–Crippen LogP) is 1.23. The molecular weight excluding hydrogens is 264 g/mol. The number of hydrogen-bond acceptors (Lipinski definition) is 6. The van der Waals surface area contributed by atoms with Gasteiger partial charge in [-0.15, -0.1) is 10.2 Å². The standard InChI is InChI=1S/C10H7ClN2O3S/c11-7-3-1-6(2-4-7)9-12-13-10(16-9)17-5-8(14)15/h1-4H,5H2,(H,14,15)/p-1. The number of carboxylic acids is 1. The van der Waals surface area contributed by atoms with Gasteiger partial charge in [0.25, 0.3) is 5.22 Å². The Hall–Kier alpha value is -1.53. The van der Waals surface area contributed by atoms with Gasteiger partial charge in [-0.2, -0.15) is 0 Å². The fourth-order valence-corrected chi connectivity index (χ4v) is 1.70. The summed E-state index contributed by atoms with van der Waals surface area (Å²) in [7, 11) is 0. The predicted molar refractivity (Wildman–Crippen MR) is 60.5 cm³/mol. The molecule has 2 rings (SSSR count). The maximum atomic E-state index is 10.3. The van der Waals surface area contributed by atoms with Crippen molar-refractivity contribution in [2.45, 2.75) is 5.22 Å². The number of halogens is 1. The molecule has 0 atom stereocenters. The molecule has 7 heteroatoms. The van der Waals surface area contributed by atoms with E-state index in [-0.39, 0.29) is 11.0 Å². The third-order valence-electron chi connectivity index (χ3n) is 1.81. The van der Waals surface area contributed by atoms with Gasteiger partial charge in [-0.3, -0.25) is 0 Å². The van der Waals surface area contributed by atoms with Crippen LogP contribution < -0.4 is 5.11 Å². The highest BCUT2D eigenvalue weighted by Gasteiger charge is 2.08. The number of hydrogen-bond donors (Lipinski definition) is 0. The Morgan fingerprint density at radius 3 is 2.71 bits per heavy atom. The fraction of sp³-hybridized carbons (Fsp3) is 0.100. The molecule has 0 aliphatic rings. The lowest BCUT2D eigenvalue weighted by molar-refractivity contribution is -0.301. The zero-order chi connectivity index (χ0) is 12.3. The maximum Gasteiger partial charge on any atom is 0.277 e. The number of thioether (sulfide) groups is 1. The first kappa shape index (κ1) is 11.9. The summed E-state index contributed by atoms with van der Waals surface area (Å²) in [5, 5.41) is 18.6. The maximum absolute atomic E-state index is 10.3. The Morgan fingerprint density at radius 1 is 1.35 bits per heavy atom. The molecule has 0 unspecified atom stereocenters. The van der Waals surface area contributed by atoms with Gasteiger partial charge in [0.15, 0.2) is 0 Å². The van der Waals surface area contributed by atoms with Crippen LogP contribution in [0.3, 0.4) is 0 Å². The normalized spacial score (nSPS) is 10.4. The molecule has 0 amide bonds. The summed E-state index contributed by atoms with van der Waals surface area (Å²) in [6.07, 6.45) is 0. The third kappa shape index (κ3) is 3.21. The van der Waals surface area contributed by atoms with Gasteiger partial charge in [0, 0.05) is 16.3 Å². The Morgan fingerprint density at radius 2 is 2.06 bits per heavy atom. The van der Waals surface area contributed by atoms with Crippen molar-refractivity contribution in [1.82, 2.24) is 10.2 Å². The number of carbonyl (C=O) groups is 1. The van der Waals surface area contributed by atoms with Crippen molar-refractivity contribution < 1.29 is 14.3 Å². The average Bonchev–Trinajstić information content (AvgIpc) is 2.76. The minimum absolute atomic E-state index is 0.194. The highest BCUT2D eigenvalue weighted by atomic mass is 35.5. The molecule has 2 aromatic rings. The van der Waals surface area contributed by atoms with Crippen molar-refractivity contribution in [2.75, 3.05) is 5.75 Å². The Labute approximate surface area is 106 Å². The van der Waals surface area contributed by atoms with E-state index in [0.717, 1.165) is 17.3 Å². The molecule has 0 saturated carbocycles. The first-order valence-corrected chi connectivity index (χ1v) is 5.93. The first-order chi connectivity index (χ1) is 8.15. The van der Waals surface area contributed by atoms with E-state index < -0.39 is 5.97 Å². The summed E-state index contributed by atoms with van der Waals surface area (Å²) in [5.74, 6) is -1.08. The van der Waals surface area contributed by atoms with Crippen LogP contribution in [0.1, 0.15) is 0 Å². The van der Waals surface area contributed by atoms with E-state index >= 15 is 0 Å². The smallest absolute Gasteiger partial charge is 0.277 e. The van der Waals surface area contributed by atoms with Gasteiger partial charge in [0.05, 0.1) is 5.97 Å². The van der Waals surface area contributed by atoms with Crippen molar-refractivity contribution in [3.8, 4) is 11.5 Å². The van der Waals surface area contributed by atoms with E-state index in [4.69, 9.17) is 16.0 Å². The summed E-state index contributed by atoms with van der Waals surface area (Å²) >= 11 is 6.66. The molecule has 0 saturated heterocycles. The van der Waals surface area contributed by atoms with Gasteiger partial charge < -0.3 is 14.3 Å². The Balaban J connectivity index is 2.12. The highest BCUT2D eigenvalue weighted by molar-refractivity contribution is 7.99. The molecule has 0 N–H and O–H groups in total. The van der Waals surface area contributed by atoms with Crippen molar-refractivity contribution in [3.05, 3.63) is 29.3 Å². The minimum Gasteiger partial charge on any atom is -0.549 e. The second-order valence-corrected chi connectivity index (χ2v) is 4.40. The lowest BCUT2D eigenvalue weighted by Crippen LogP contribution is -2.24. The number of carbonyl (C=O) groups excluding carboxylic acids is 1. The van der Waals surface area contributed by atoms with Crippen LogP contribution in [-0.2, 0) is 4.79 Å². The topological polar surface area (TPSA) is 79.0 Å². The zero-order valence-corrected chi connectivity index (χ0v) is 9.99. The summed E-state index contributed by atoms with van der Waals surface area (Å²) in [6, 6.07) is 6.89. The van der Waals surface area contributed by atoms with Crippen LogP contribution in [0.2, 0.25) is 5.02 Å². The minimum atomic E-state index is -1.18. The SMILES string of the molecule is O=C([O-])CSc1nnc(-c2ccc(Cl)cc2)o1. The van der Waals surface area contributed by atoms with Crippen molar-refractivity contribution in [1.29, 1.82) is 0 Å². The summed E-state index contributed by atoms with van der Waals surface area (Å²) in [4.78, 5) is 10.3. The summed E-state index contributed by atoms with van der Waals surface area (Å²) < 4.78 is 5.27. The molecule has 0 radical (unpaired) electrons. The Bertz CT molecular complexity index is 527. The van der Waals surface area contributed by atoms with Gasteiger partial charge in [0.2, 0.25) is 5.89 Å². The van der Waals surface area contributed by atoms with Gasteiger partial charge >= 0.3 is 0 Å². The van der Waals surface area contributed by atoms with Crippen LogP contribution in [0.15, 0.2) is 33.9 Å². The molecule has 0 bridgehead atoms. The van der Waals surface area contributed by atoms with Gasteiger partial charge in [-0.1, -0.05) is 23.4 Å². The Kier molecular flexibility index (Phi) is 3.65.